The summed E-state index contributed by atoms with van der Waals surface area (Å²) in [5, 5.41) is 0. The first-order valence-corrected chi connectivity index (χ1v) is 3.83. The zero-order valence-corrected chi connectivity index (χ0v) is 6.95. The molecule has 0 heterocycles. The Bertz CT molecular complexity index is 191. The molecule has 0 amide bonds. The predicted octanol–water partition coefficient (Wildman–Crippen LogP) is 2.62. The minimum Gasteiger partial charge on any atom is -0.368 e. The van der Waals surface area contributed by atoms with E-state index in [1.165, 1.54) is 0 Å². The molecular weight excluding hydrogens is 136 g/mol. The summed E-state index contributed by atoms with van der Waals surface area (Å²) in [7, 11) is 0. The van der Waals surface area contributed by atoms with Crippen LogP contribution in [0.15, 0.2) is 30.3 Å². The molecule has 0 saturated carbocycles. The monoisotopic (exact) mass is 149 g/mol. The normalized spacial score (nSPS) is 10.5. The molecular formula is C10H13O. The summed E-state index contributed by atoms with van der Waals surface area (Å²) in [6, 6.07) is 10.0. The van der Waals surface area contributed by atoms with Crippen molar-refractivity contribution in [2.45, 2.75) is 20.0 Å². The van der Waals surface area contributed by atoms with Gasteiger partial charge < -0.3 is 4.74 Å². The minimum absolute atomic E-state index is 0.259. The molecule has 0 spiro atoms. The third-order valence-corrected chi connectivity index (χ3v) is 1.28. The summed E-state index contributed by atoms with van der Waals surface area (Å²) in [4.78, 5) is 0. The molecule has 0 bridgehead atoms. The van der Waals surface area contributed by atoms with Crippen LogP contribution in [0.5, 0.6) is 0 Å². The Morgan fingerprint density at radius 3 is 2.36 bits per heavy atom. The van der Waals surface area contributed by atoms with Crippen LogP contribution in [0, 0.1) is 6.61 Å². The van der Waals surface area contributed by atoms with Crippen LogP contribution in [-0.2, 0) is 4.74 Å². The van der Waals surface area contributed by atoms with Gasteiger partial charge in [0.15, 0.2) is 0 Å². The maximum Gasteiger partial charge on any atom is 0.113 e. The Balaban J connectivity index is 2.39. The summed E-state index contributed by atoms with van der Waals surface area (Å²) in [6.07, 6.45) is 0.259. The molecule has 0 unspecified atom stereocenters. The van der Waals surface area contributed by atoms with E-state index < -0.39 is 0 Å². The molecule has 0 fully saturated rings. The van der Waals surface area contributed by atoms with E-state index >= 15 is 0 Å². The van der Waals surface area contributed by atoms with Crippen LogP contribution in [-0.4, -0.2) is 6.10 Å². The van der Waals surface area contributed by atoms with Crippen molar-refractivity contribution in [1.29, 1.82) is 0 Å². The average molecular weight is 149 g/mol. The van der Waals surface area contributed by atoms with Crippen LogP contribution in [0.3, 0.4) is 0 Å². The Morgan fingerprint density at radius 1 is 1.18 bits per heavy atom. The molecule has 0 saturated heterocycles. The van der Waals surface area contributed by atoms with E-state index in [1.54, 1.807) is 6.61 Å². The standard InChI is InChI=1S/C10H13O/c1-9(2)11-8-10-6-4-3-5-7-10/h3-9H,1-2H3. The first kappa shape index (κ1) is 8.28. The van der Waals surface area contributed by atoms with E-state index in [0.29, 0.717) is 0 Å². The SMILES string of the molecule is CC(C)O[CH]c1ccccc1. The topological polar surface area (TPSA) is 9.23 Å². The number of ether oxygens (including phenoxy) is 1. The molecule has 0 atom stereocenters. The first-order chi connectivity index (χ1) is 5.29. The summed E-state index contributed by atoms with van der Waals surface area (Å²) >= 11 is 0. The van der Waals surface area contributed by atoms with Crippen LogP contribution in [0.4, 0.5) is 0 Å². The number of rotatable bonds is 3. The van der Waals surface area contributed by atoms with Crippen LogP contribution >= 0.6 is 0 Å². The van der Waals surface area contributed by atoms with Gasteiger partial charge in [0.05, 0.1) is 6.10 Å². The smallest absolute Gasteiger partial charge is 0.113 e. The molecule has 1 rings (SSSR count). The molecule has 0 aromatic heterocycles. The molecule has 1 aromatic rings. The van der Waals surface area contributed by atoms with Crippen molar-refractivity contribution >= 4 is 0 Å². The predicted molar refractivity (Wildman–Crippen MR) is 46.1 cm³/mol. The molecule has 0 aliphatic rings. The van der Waals surface area contributed by atoms with Gasteiger partial charge in [0.1, 0.15) is 6.61 Å². The van der Waals surface area contributed by atoms with Crippen LogP contribution in [0.25, 0.3) is 0 Å². The van der Waals surface area contributed by atoms with Crippen molar-refractivity contribution in [3.8, 4) is 0 Å². The molecule has 1 aromatic carbocycles. The Hall–Kier alpha value is -0.820. The van der Waals surface area contributed by atoms with E-state index in [2.05, 4.69) is 0 Å². The molecule has 0 aliphatic carbocycles. The lowest BCUT2D eigenvalue weighted by molar-refractivity contribution is 0.147. The van der Waals surface area contributed by atoms with Gasteiger partial charge in [0.2, 0.25) is 0 Å². The number of hydrogen-bond acceptors (Lipinski definition) is 1. The third kappa shape index (κ3) is 3.19. The Labute approximate surface area is 68.0 Å². The highest BCUT2D eigenvalue weighted by atomic mass is 16.5. The second kappa shape index (κ2) is 4.14. The van der Waals surface area contributed by atoms with Crippen molar-refractivity contribution in [3.63, 3.8) is 0 Å². The van der Waals surface area contributed by atoms with Crippen LogP contribution in [0.2, 0.25) is 0 Å². The summed E-state index contributed by atoms with van der Waals surface area (Å²) in [5.74, 6) is 0. The van der Waals surface area contributed by atoms with Crippen molar-refractivity contribution in [2.75, 3.05) is 0 Å². The van der Waals surface area contributed by atoms with E-state index in [0.717, 1.165) is 5.56 Å². The quantitative estimate of drug-likeness (QED) is 0.642. The van der Waals surface area contributed by atoms with Gasteiger partial charge in [-0.2, -0.15) is 0 Å². The van der Waals surface area contributed by atoms with Crippen molar-refractivity contribution in [1.82, 2.24) is 0 Å². The summed E-state index contributed by atoms with van der Waals surface area (Å²) in [6.45, 7) is 5.81. The molecule has 11 heavy (non-hydrogen) atoms. The number of hydrogen-bond donors (Lipinski definition) is 0. The second-order valence-corrected chi connectivity index (χ2v) is 2.71. The zero-order chi connectivity index (χ0) is 8.10. The molecule has 59 valence electrons. The van der Waals surface area contributed by atoms with Gasteiger partial charge in [-0.25, -0.2) is 0 Å². The lowest BCUT2D eigenvalue weighted by atomic mass is 10.2. The Morgan fingerprint density at radius 2 is 1.82 bits per heavy atom. The van der Waals surface area contributed by atoms with E-state index in [9.17, 15) is 0 Å². The summed E-state index contributed by atoms with van der Waals surface area (Å²) < 4.78 is 5.30. The van der Waals surface area contributed by atoms with Gasteiger partial charge in [0.25, 0.3) is 0 Å². The zero-order valence-electron chi connectivity index (χ0n) is 6.95. The fourth-order valence-corrected chi connectivity index (χ4v) is 0.746. The average Bonchev–Trinajstić information content (AvgIpc) is 2.03. The maximum atomic E-state index is 5.30. The minimum atomic E-state index is 0.259. The first-order valence-electron chi connectivity index (χ1n) is 3.83. The molecule has 1 nitrogen and oxygen atoms in total. The second-order valence-electron chi connectivity index (χ2n) is 2.71. The molecule has 1 radical (unpaired) electrons. The van der Waals surface area contributed by atoms with E-state index in [1.807, 2.05) is 44.2 Å². The number of benzene rings is 1. The van der Waals surface area contributed by atoms with Crippen molar-refractivity contribution in [3.05, 3.63) is 42.5 Å². The van der Waals surface area contributed by atoms with Crippen LogP contribution < -0.4 is 0 Å². The fourth-order valence-electron chi connectivity index (χ4n) is 0.746. The van der Waals surface area contributed by atoms with Gasteiger partial charge in [-0.15, -0.1) is 0 Å². The molecule has 1 heteroatoms. The van der Waals surface area contributed by atoms with Gasteiger partial charge in [-0.05, 0) is 19.4 Å². The van der Waals surface area contributed by atoms with Gasteiger partial charge in [-0.1, -0.05) is 30.3 Å². The van der Waals surface area contributed by atoms with Crippen LogP contribution in [0.1, 0.15) is 19.4 Å². The van der Waals surface area contributed by atoms with Crippen molar-refractivity contribution < 1.29 is 4.74 Å². The highest BCUT2D eigenvalue weighted by molar-refractivity contribution is 5.19. The lowest BCUT2D eigenvalue weighted by Gasteiger charge is -2.05. The van der Waals surface area contributed by atoms with Crippen molar-refractivity contribution in [2.24, 2.45) is 0 Å². The largest absolute Gasteiger partial charge is 0.368 e. The van der Waals surface area contributed by atoms with Gasteiger partial charge in [-0.3, -0.25) is 0 Å². The highest BCUT2D eigenvalue weighted by Crippen LogP contribution is 2.04. The van der Waals surface area contributed by atoms with Gasteiger partial charge >= 0.3 is 0 Å². The van der Waals surface area contributed by atoms with E-state index in [4.69, 9.17) is 4.74 Å². The fraction of sp³-hybridized carbons (Fsp3) is 0.300. The molecule has 0 N–H and O–H groups in total. The van der Waals surface area contributed by atoms with E-state index in [-0.39, 0.29) is 6.10 Å². The summed E-state index contributed by atoms with van der Waals surface area (Å²) in [5.41, 5.74) is 1.11. The third-order valence-electron chi connectivity index (χ3n) is 1.28. The highest BCUT2D eigenvalue weighted by Gasteiger charge is 1.94. The molecule has 0 aliphatic heterocycles. The van der Waals surface area contributed by atoms with Gasteiger partial charge in [0, 0.05) is 0 Å². The lowest BCUT2D eigenvalue weighted by Crippen LogP contribution is -1.99. The Kier molecular flexibility index (Phi) is 3.12. The maximum absolute atomic E-state index is 5.30.